The quantitative estimate of drug-likeness (QED) is 0.356. The number of imide groups is 1. The van der Waals surface area contributed by atoms with Crippen molar-refractivity contribution < 1.29 is 33.4 Å². The van der Waals surface area contributed by atoms with Gasteiger partial charge in [-0.3, -0.25) is 24.1 Å². The lowest BCUT2D eigenvalue weighted by molar-refractivity contribution is -0.154. The van der Waals surface area contributed by atoms with E-state index in [1.807, 2.05) is 12.2 Å². The number of hydrogen-bond donors (Lipinski definition) is 1. The number of nitrogens with zero attached hydrogens (tertiary/aromatic N) is 1. The van der Waals surface area contributed by atoms with Crippen molar-refractivity contribution in [2.45, 2.75) is 46.0 Å². The summed E-state index contributed by atoms with van der Waals surface area (Å²) in [5, 5.41) is 3.06. The van der Waals surface area contributed by atoms with Crippen molar-refractivity contribution >= 4 is 46.0 Å². The average molecular weight is 489 g/mol. The fourth-order valence-electron chi connectivity index (χ4n) is 4.77. The molecule has 2 heterocycles. The summed E-state index contributed by atoms with van der Waals surface area (Å²) in [5.74, 6) is -3.05. The predicted octanol–water partition coefficient (Wildman–Crippen LogP) is 2.48. The van der Waals surface area contributed by atoms with Crippen molar-refractivity contribution in [1.29, 1.82) is 0 Å². The molecule has 3 amide bonds. The van der Waals surface area contributed by atoms with Gasteiger partial charge < -0.3 is 14.8 Å². The number of nitrogens with one attached hydrogen (secondary N) is 1. The monoisotopic (exact) mass is 488 g/mol. The maximum atomic E-state index is 12.6. The number of esters is 2. The fraction of sp³-hybridized carbons (Fsp3) is 0.542. The molecule has 9 nitrogen and oxygen atoms in total. The van der Waals surface area contributed by atoms with E-state index in [0.29, 0.717) is 29.3 Å². The largest absolute Gasteiger partial charge is 0.462 e. The number of thiophene rings is 1. The van der Waals surface area contributed by atoms with E-state index in [1.165, 1.54) is 11.3 Å². The van der Waals surface area contributed by atoms with Gasteiger partial charge in [0, 0.05) is 4.88 Å². The third kappa shape index (κ3) is 4.77. The highest BCUT2D eigenvalue weighted by Crippen LogP contribution is 2.40. The van der Waals surface area contributed by atoms with Crippen LogP contribution in [0.2, 0.25) is 0 Å². The molecule has 1 saturated heterocycles. The molecule has 4 rings (SSSR count). The number of allylic oxidation sites excluding steroid dienone is 2. The second-order valence-electron chi connectivity index (χ2n) is 8.90. The SMILES string of the molecule is CCOC(=O)c1c(NC(=O)COC(=O)CN2C(=O)C3CC=CCC3C2=O)sc2c1CCC(C)C2. The molecule has 3 atom stereocenters. The lowest BCUT2D eigenvalue weighted by Gasteiger charge is -2.18. The van der Waals surface area contributed by atoms with Gasteiger partial charge in [-0.1, -0.05) is 19.1 Å². The van der Waals surface area contributed by atoms with Gasteiger partial charge in [0.15, 0.2) is 6.61 Å². The number of hydrogen-bond acceptors (Lipinski definition) is 8. The van der Waals surface area contributed by atoms with E-state index < -0.39 is 42.8 Å². The highest BCUT2D eigenvalue weighted by atomic mass is 32.1. The molecule has 0 bridgehead atoms. The summed E-state index contributed by atoms with van der Waals surface area (Å²) in [4.78, 5) is 64.3. The molecule has 0 aromatic carbocycles. The first-order chi connectivity index (χ1) is 16.3. The van der Waals surface area contributed by atoms with Gasteiger partial charge >= 0.3 is 11.9 Å². The van der Waals surface area contributed by atoms with Crippen LogP contribution in [-0.4, -0.2) is 54.3 Å². The molecular formula is C24H28N2O7S. The van der Waals surface area contributed by atoms with Crippen LogP contribution < -0.4 is 5.32 Å². The van der Waals surface area contributed by atoms with Crippen LogP contribution in [-0.2, 0) is 41.5 Å². The molecule has 0 saturated carbocycles. The topological polar surface area (TPSA) is 119 Å². The smallest absolute Gasteiger partial charge is 0.341 e. The summed E-state index contributed by atoms with van der Waals surface area (Å²) < 4.78 is 10.2. The summed E-state index contributed by atoms with van der Waals surface area (Å²) in [6, 6.07) is 0. The van der Waals surface area contributed by atoms with Gasteiger partial charge in [-0.15, -0.1) is 11.3 Å². The molecule has 1 fully saturated rings. The number of carbonyl (C=O) groups is 5. The molecule has 3 aliphatic rings. The Kier molecular flexibility index (Phi) is 7.16. The second kappa shape index (κ2) is 10.1. The van der Waals surface area contributed by atoms with Crippen molar-refractivity contribution in [2.75, 3.05) is 25.1 Å². The Morgan fingerprint density at radius 3 is 2.44 bits per heavy atom. The summed E-state index contributed by atoms with van der Waals surface area (Å²) in [7, 11) is 0. The molecule has 34 heavy (non-hydrogen) atoms. The van der Waals surface area contributed by atoms with Gasteiger partial charge in [-0.05, 0) is 50.5 Å². The third-order valence-corrected chi connectivity index (χ3v) is 7.66. The Labute approximate surface area is 201 Å². The van der Waals surface area contributed by atoms with E-state index in [2.05, 4.69) is 12.2 Å². The van der Waals surface area contributed by atoms with Crippen LogP contribution in [0.25, 0.3) is 0 Å². The van der Waals surface area contributed by atoms with E-state index in [1.54, 1.807) is 6.92 Å². The zero-order valence-corrected chi connectivity index (χ0v) is 20.1. The Balaban J connectivity index is 1.36. The summed E-state index contributed by atoms with van der Waals surface area (Å²) in [6.45, 7) is 2.97. The number of fused-ring (bicyclic) bond motifs is 2. The predicted molar refractivity (Wildman–Crippen MR) is 123 cm³/mol. The molecule has 1 N–H and O–H groups in total. The van der Waals surface area contributed by atoms with E-state index in [9.17, 15) is 24.0 Å². The zero-order chi connectivity index (χ0) is 24.4. The minimum absolute atomic E-state index is 0.219. The summed E-state index contributed by atoms with van der Waals surface area (Å²) >= 11 is 1.34. The number of ether oxygens (including phenoxy) is 2. The molecule has 1 aliphatic heterocycles. The van der Waals surface area contributed by atoms with Crippen molar-refractivity contribution in [3.8, 4) is 0 Å². The molecular weight excluding hydrogens is 460 g/mol. The Bertz CT molecular complexity index is 1030. The first-order valence-electron chi connectivity index (χ1n) is 11.6. The van der Waals surface area contributed by atoms with Gasteiger partial charge in [0.05, 0.1) is 24.0 Å². The van der Waals surface area contributed by atoms with Crippen molar-refractivity contribution in [3.05, 3.63) is 28.2 Å². The maximum absolute atomic E-state index is 12.6. The van der Waals surface area contributed by atoms with E-state index in [-0.39, 0.29) is 18.4 Å². The van der Waals surface area contributed by atoms with Crippen molar-refractivity contribution in [2.24, 2.45) is 17.8 Å². The lowest BCUT2D eigenvalue weighted by Crippen LogP contribution is -2.37. The van der Waals surface area contributed by atoms with Crippen LogP contribution in [0.1, 0.15) is 53.9 Å². The number of anilines is 1. The highest BCUT2D eigenvalue weighted by molar-refractivity contribution is 7.17. The molecule has 182 valence electrons. The van der Waals surface area contributed by atoms with Crippen LogP contribution in [0, 0.1) is 17.8 Å². The maximum Gasteiger partial charge on any atom is 0.341 e. The molecule has 10 heteroatoms. The van der Waals surface area contributed by atoms with E-state index >= 15 is 0 Å². The summed E-state index contributed by atoms with van der Waals surface area (Å²) in [5.41, 5.74) is 1.29. The Morgan fingerprint density at radius 2 is 1.79 bits per heavy atom. The zero-order valence-electron chi connectivity index (χ0n) is 19.3. The molecule has 0 spiro atoms. The standard InChI is InChI=1S/C24H28N2O7S/c1-3-32-24(31)20-16-9-8-13(2)10-17(16)34-21(20)25-18(27)12-33-19(28)11-26-22(29)14-6-4-5-7-15(14)23(26)30/h4-5,13-15H,3,6-12H2,1-2H3,(H,25,27). The van der Waals surface area contributed by atoms with Crippen LogP contribution in [0.3, 0.4) is 0 Å². The third-order valence-electron chi connectivity index (χ3n) is 6.49. The lowest BCUT2D eigenvalue weighted by atomic mass is 9.85. The van der Waals surface area contributed by atoms with Gasteiger partial charge in [0.2, 0.25) is 11.8 Å². The fourth-order valence-corrected chi connectivity index (χ4v) is 6.18. The number of amides is 3. The van der Waals surface area contributed by atoms with E-state index in [0.717, 1.165) is 34.6 Å². The van der Waals surface area contributed by atoms with Gasteiger partial charge in [0.25, 0.3) is 5.91 Å². The number of likely N-dealkylation sites (tertiary alicyclic amines) is 1. The molecule has 3 unspecified atom stereocenters. The molecule has 2 aliphatic carbocycles. The van der Waals surface area contributed by atoms with Gasteiger partial charge in [-0.25, -0.2) is 4.79 Å². The van der Waals surface area contributed by atoms with Crippen molar-refractivity contribution in [1.82, 2.24) is 4.90 Å². The molecule has 1 aromatic rings. The molecule has 1 aromatic heterocycles. The Hall–Kier alpha value is -3.01. The first kappa shape index (κ1) is 24.1. The summed E-state index contributed by atoms with van der Waals surface area (Å²) in [6.07, 6.45) is 7.21. The normalized spacial score (nSPS) is 23.4. The van der Waals surface area contributed by atoms with Gasteiger partial charge in [0.1, 0.15) is 11.5 Å². The van der Waals surface area contributed by atoms with Crippen LogP contribution in [0.15, 0.2) is 12.2 Å². The minimum Gasteiger partial charge on any atom is -0.462 e. The van der Waals surface area contributed by atoms with E-state index in [4.69, 9.17) is 9.47 Å². The first-order valence-corrected chi connectivity index (χ1v) is 12.4. The Morgan fingerprint density at radius 1 is 1.12 bits per heavy atom. The average Bonchev–Trinajstić information content (AvgIpc) is 3.27. The van der Waals surface area contributed by atoms with Crippen LogP contribution in [0.4, 0.5) is 5.00 Å². The minimum atomic E-state index is -0.839. The molecule has 0 radical (unpaired) electrons. The highest BCUT2D eigenvalue weighted by Gasteiger charge is 2.47. The van der Waals surface area contributed by atoms with Crippen LogP contribution >= 0.6 is 11.3 Å². The van der Waals surface area contributed by atoms with Gasteiger partial charge in [-0.2, -0.15) is 0 Å². The number of rotatable bonds is 7. The van der Waals surface area contributed by atoms with Crippen LogP contribution in [0.5, 0.6) is 0 Å². The van der Waals surface area contributed by atoms with Crippen molar-refractivity contribution in [3.63, 3.8) is 0 Å². The second-order valence-corrected chi connectivity index (χ2v) is 10.0. The number of carbonyl (C=O) groups excluding carboxylic acids is 5.